The van der Waals surface area contributed by atoms with Gasteiger partial charge in [0.15, 0.2) is 5.79 Å². The third-order valence-corrected chi connectivity index (χ3v) is 2.82. The Bertz CT molecular complexity index is 188. The van der Waals surface area contributed by atoms with Crippen LogP contribution in [-0.4, -0.2) is 24.8 Å². The van der Waals surface area contributed by atoms with E-state index in [0.29, 0.717) is 13.2 Å². The van der Waals surface area contributed by atoms with Crippen LogP contribution < -0.4 is 0 Å². The van der Waals surface area contributed by atoms with Gasteiger partial charge in [0.2, 0.25) is 0 Å². The summed E-state index contributed by atoms with van der Waals surface area (Å²) < 4.78 is 11.1. The topological polar surface area (TPSA) is 35.5 Å². The van der Waals surface area contributed by atoms with Gasteiger partial charge < -0.3 is 9.47 Å². The first-order chi connectivity index (χ1) is 5.75. The van der Waals surface area contributed by atoms with E-state index in [1.807, 2.05) is 0 Å². The van der Waals surface area contributed by atoms with Crippen LogP contribution in [-0.2, 0) is 14.3 Å². The van der Waals surface area contributed by atoms with E-state index in [1.165, 1.54) is 0 Å². The van der Waals surface area contributed by atoms with Crippen molar-refractivity contribution >= 4 is 5.78 Å². The third-order valence-electron chi connectivity index (χ3n) is 2.82. The largest absolute Gasteiger partial charge is 0.347 e. The van der Waals surface area contributed by atoms with Crippen molar-refractivity contribution in [3.63, 3.8) is 0 Å². The van der Waals surface area contributed by atoms with E-state index in [1.54, 1.807) is 6.92 Å². The molecule has 1 aliphatic carbocycles. The van der Waals surface area contributed by atoms with Gasteiger partial charge in [0.25, 0.3) is 0 Å². The monoisotopic (exact) mass is 170 g/mol. The molecular weight excluding hydrogens is 156 g/mol. The van der Waals surface area contributed by atoms with E-state index >= 15 is 0 Å². The zero-order valence-corrected chi connectivity index (χ0v) is 7.34. The summed E-state index contributed by atoms with van der Waals surface area (Å²) in [5, 5.41) is 0. The molecule has 1 aliphatic heterocycles. The SMILES string of the molecule is CC(=O)C1CCCC12OCCO2. The second kappa shape index (κ2) is 2.82. The van der Waals surface area contributed by atoms with Crippen molar-refractivity contribution in [1.82, 2.24) is 0 Å². The van der Waals surface area contributed by atoms with Crippen LogP contribution in [0.5, 0.6) is 0 Å². The van der Waals surface area contributed by atoms with E-state index in [0.717, 1.165) is 19.3 Å². The molecule has 0 radical (unpaired) electrons. The number of ether oxygens (including phenoxy) is 2. The Morgan fingerprint density at radius 1 is 1.42 bits per heavy atom. The molecule has 68 valence electrons. The van der Waals surface area contributed by atoms with Crippen molar-refractivity contribution in [2.45, 2.75) is 32.0 Å². The quantitative estimate of drug-likeness (QED) is 0.591. The summed E-state index contributed by atoms with van der Waals surface area (Å²) in [7, 11) is 0. The third kappa shape index (κ3) is 1.08. The lowest BCUT2D eigenvalue weighted by atomic mass is 9.98. The second-order valence-corrected chi connectivity index (χ2v) is 3.56. The molecule has 1 atom stereocenters. The van der Waals surface area contributed by atoms with Gasteiger partial charge in [-0.05, 0) is 19.8 Å². The van der Waals surface area contributed by atoms with Gasteiger partial charge in [-0.15, -0.1) is 0 Å². The molecule has 0 aromatic rings. The van der Waals surface area contributed by atoms with Gasteiger partial charge in [-0.1, -0.05) is 0 Å². The smallest absolute Gasteiger partial charge is 0.178 e. The normalized spacial score (nSPS) is 32.9. The lowest BCUT2D eigenvalue weighted by molar-refractivity contribution is -0.184. The van der Waals surface area contributed by atoms with Crippen LogP contribution in [0.3, 0.4) is 0 Å². The van der Waals surface area contributed by atoms with Gasteiger partial charge >= 0.3 is 0 Å². The average Bonchev–Trinajstić information content (AvgIpc) is 2.61. The van der Waals surface area contributed by atoms with E-state index in [4.69, 9.17) is 9.47 Å². The molecule has 0 bridgehead atoms. The first kappa shape index (κ1) is 8.20. The minimum Gasteiger partial charge on any atom is -0.347 e. The molecule has 2 rings (SSSR count). The van der Waals surface area contributed by atoms with Gasteiger partial charge in [-0.2, -0.15) is 0 Å². The maximum atomic E-state index is 11.2. The van der Waals surface area contributed by atoms with Crippen molar-refractivity contribution in [2.24, 2.45) is 5.92 Å². The summed E-state index contributed by atoms with van der Waals surface area (Å²) in [5.74, 6) is -0.333. The van der Waals surface area contributed by atoms with Crippen LogP contribution in [0.2, 0.25) is 0 Å². The Morgan fingerprint density at radius 3 is 2.67 bits per heavy atom. The van der Waals surface area contributed by atoms with Crippen molar-refractivity contribution in [1.29, 1.82) is 0 Å². The molecule has 0 aromatic heterocycles. The van der Waals surface area contributed by atoms with E-state index in [-0.39, 0.29) is 11.7 Å². The fourth-order valence-electron chi connectivity index (χ4n) is 2.28. The number of hydrogen-bond acceptors (Lipinski definition) is 3. The lowest BCUT2D eigenvalue weighted by Crippen LogP contribution is -2.38. The highest BCUT2D eigenvalue weighted by atomic mass is 16.7. The minimum absolute atomic E-state index is 0.0139. The Morgan fingerprint density at radius 2 is 2.08 bits per heavy atom. The molecule has 1 spiro atoms. The lowest BCUT2D eigenvalue weighted by Gasteiger charge is -2.27. The molecular formula is C9H14O3. The van der Waals surface area contributed by atoms with Crippen LogP contribution in [0.4, 0.5) is 0 Å². The second-order valence-electron chi connectivity index (χ2n) is 3.56. The Labute approximate surface area is 72.0 Å². The van der Waals surface area contributed by atoms with Gasteiger partial charge in [0.1, 0.15) is 5.78 Å². The van der Waals surface area contributed by atoms with Crippen molar-refractivity contribution in [2.75, 3.05) is 13.2 Å². The average molecular weight is 170 g/mol. The van der Waals surface area contributed by atoms with Crippen molar-refractivity contribution in [3.05, 3.63) is 0 Å². The van der Waals surface area contributed by atoms with Gasteiger partial charge in [0, 0.05) is 6.42 Å². The number of hydrogen-bond donors (Lipinski definition) is 0. The summed E-state index contributed by atoms with van der Waals surface area (Å²) in [4.78, 5) is 11.2. The van der Waals surface area contributed by atoms with E-state index in [9.17, 15) is 4.79 Å². The maximum absolute atomic E-state index is 11.2. The van der Waals surface area contributed by atoms with Crippen LogP contribution in [0.15, 0.2) is 0 Å². The molecule has 1 saturated carbocycles. The summed E-state index contributed by atoms with van der Waals surface area (Å²) in [5.41, 5.74) is 0. The molecule has 1 saturated heterocycles. The molecule has 0 N–H and O–H groups in total. The summed E-state index contributed by atoms with van der Waals surface area (Å²) >= 11 is 0. The predicted octanol–water partition coefficient (Wildman–Crippen LogP) is 1.12. The zero-order chi connectivity index (χ0) is 8.60. The zero-order valence-electron chi connectivity index (χ0n) is 7.34. The predicted molar refractivity (Wildman–Crippen MR) is 42.7 cm³/mol. The first-order valence-corrected chi connectivity index (χ1v) is 4.53. The summed E-state index contributed by atoms with van der Waals surface area (Å²) in [6.07, 6.45) is 2.86. The van der Waals surface area contributed by atoms with Crippen LogP contribution in [0.1, 0.15) is 26.2 Å². The maximum Gasteiger partial charge on any atom is 0.178 e. The Kier molecular flexibility index (Phi) is 1.93. The molecule has 0 amide bonds. The molecule has 12 heavy (non-hydrogen) atoms. The van der Waals surface area contributed by atoms with Gasteiger partial charge in [0.05, 0.1) is 19.1 Å². The molecule has 3 heteroatoms. The summed E-state index contributed by atoms with van der Waals surface area (Å²) in [6.45, 7) is 2.91. The van der Waals surface area contributed by atoms with Crippen molar-refractivity contribution < 1.29 is 14.3 Å². The molecule has 2 fully saturated rings. The molecule has 3 nitrogen and oxygen atoms in total. The molecule has 1 unspecified atom stereocenters. The number of ketones is 1. The number of rotatable bonds is 1. The van der Waals surface area contributed by atoms with Crippen LogP contribution in [0, 0.1) is 5.92 Å². The highest BCUT2D eigenvalue weighted by Gasteiger charge is 2.49. The van der Waals surface area contributed by atoms with E-state index < -0.39 is 5.79 Å². The number of carbonyl (C=O) groups excluding carboxylic acids is 1. The highest BCUT2D eigenvalue weighted by molar-refractivity contribution is 5.79. The standard InChI is InChI=1S/C9H14O3/c1-7(10)8-3-2-4-9(8)11-5-6-12-9/h8H,2-6H2,1H3. The Hall–Kier alpha value is -0.410. The number of carbonyl (C=O) groups is 1. The van der Waals surface area contributed by atoms with E-state index in [2.05, 4.69) is 0 Å². The van der Waals surface area contributed by atoms with Gasteiger partial charge in [-0.3, -0.25) is 4.79 Å². The highest BCUT2D eigenvalue weighted by Crippen LogP contribution is 2.42. The molecule has 2 aliphatic rings. The van der Waals surface area contributed by atoms with Crippen LogP contribution >= 0.6 is 0 Å². The molecule has 0 aromatic carbocycles. The molecule has 1 heterocycles. The Balaban J connectivity index is 2.17. The van der Waals surface area contributed by atoms with Crippen LogP contribution in [0.25, 0.3) is 0 Å². The van der Waals surface area contributed by atoms with Gasteiger partial charge in [-0.25, -0.2) is 0 Å². The minimum atomic E-state index is -0.522. The summed E-state index contributed by atoms with van der Waals surface area (Å²) in [6, 6.07) is 0. The number of Topliss-reactive ketones (excluding diaryl/α,β-unsaturated/α-hetero) is 1. The van der Waals surface area contributed by atoms with Crippen molar-refractivity contribution in [3.8, 4) is 0 Å². The first-order valence-electron chi connectivity index (χ1n) is 4.53. The fraction of sp³-hybridized carbons (Fsp3) is 0.889. The fourth-order valence-corrected chi connectivity index (χ4v) is 2.28.